The molecule has 0 amide bonds. The molecule has 0 unspecified atom stereocenters. The van der Waals surface area contributed by atoms with Crippen molar-refractivity contribution in [3.8, 4) is 23.0 Å². The molecule has 0 atom stereocenters. The summed E-state index contributed by atoms with van der Waals surface area (Å²) in [6.45, 7) is 1.79. The fraction of sp³-hybridized carbons (Fsp3) is 0.308. The molecule has 12 heteroatoms. The zero-order chi connectivity index (χ0) is 26.9. The molecular formula is C26H23Cl2FN4O5. The average molecular weight is 561 g/mol. The summed E-state index contributed by atoms with van der Waals surface area (Å²) in [5.41, 5.74) is 1.41. The van der Waals surface area contributed by atoms with Gasteiger partial charge in [-0.25, -0.2) is 19.2 Å². The zero-order valence-corrected chi connectivity index (χ0v) is 21.8. The van der Waals surface area contributed by atoms with Crippen LogP contribution in [0.1, 0.15) is 25.3 Å². The van der Waals surface area contributed by atoms with Gasteiger partial charge in [0.2, 0.25) is 5.88 Å². The Morgan fingerprint density at radius 3 is 2.76 bits per heavy atom. The largest absolute Gasteiger partial charge is 0.490 e. The van der Waals surface area contributed by atoms with Crippen molar-refractivity contribution in [1.29, 1.82) is 0 Å². The highest BCUT2D eigenvalue weighted by Gasteiger charge is 2.41. The van der Waals surface area contributed by atoms with E-state index in [0.717, 1.165) is 12.8 Å². The molecule has 0 aliphatic heterocycles. The summed E-state index contributed by atoms with van der Waals surface area (Å²) in [6, 6.07) is 9.52. The van der Waals surface area contributed by atoms with Crippen LogP contribution in [-0.2, 0) is 16.1 Å². The topological polar surface area (TPSA) is 109 Å². The van der Waals surface area contributed by atoms with Crippen molar-refractivity contribution >= 4 is 40.3 Å². The SMILES string of the molecule is CC1(Oc2ncnc3c2nc(-c2cccc(OCCOCC(=O)O)c2Cl)n3Cc2cc(Cl)ccc2F)CC1. The van der Waals surface area contributed by atoms with Crippen LogP contribution >= 0.6 is 23.2 Å². The first-order valence-electron chi connectivity index (χ1n) is 11.8. The maximum atomic E-state index is 14.8. The Hall–Kier alpha value is -3.47. The van der Waals surface area contributed by atoms with Crippen LogP contribution in [0, 0.1) is 5.82 Å². The van der Waals surface area contributed by atoms with Gasteiger partial charge in [0.05, 0.1) is 18.2 Å². The van der Waals surface area contributed by atoms with Crippen LogP contribution in [-0.4, -0.2) is 56.0 Å². The van der Waals surface area contributed by atoms with E-state index in [2.05, 4.69) is 9.97 Å². The monoisotopic (exact) mass is 560 g/mol. The molecule has 5 rings (SSSR count). The molecule has 0 bridgehead atoms. The number of benzene rings is 2. The summed E-state index contributed by atoms with van der Waals surface area (Å²) in [4.78, 5) is 24.2. The summed E-state index contributed by atoms with van der Waals surface area (Å²) < 4.78 is 33.4. The van der Waals surface area contributed by atoms with Crippen LogP contribution in [0.2, 0.25) is 10.0 Å². The summed E-state index contributed by atoms with van der Waals surface area (Å²) >= 11 is 12.9. The smallest absolute Gasteiger partial charge is 0.329 e. The van der Waals surface area contributed by atoms with Crippen molar-refractivity contribution in [3.63, 3.8) is 0 Å². The lowest BCUT2D eigenvalue weighted by Crippen LogP contribution is -2.13. The minimum absolute atomic E-state index is 0.0640. The van der Waals surface area contributed by atoms with Gasteiger partial charge in [-0.1, -0.05) is 29.3 Å². The van der Waals surface area contributed by atoms with E-state index in [1.165, 1.54) is 18.5 Å². The Morgan fingerprint density at radius 1 is 1.18 bits per heavy atom. The third-order valence-electron chi connectivity index (χ3n) is 6.05. The van der Waals surface area contributed by atoms with Gasteiger partial charge in [-0.3, -0.25) is 0 Å². The van der Waals surface area contributed by atoms with Crippen molar-refractivity contribution in [1.82, 2.24) is 19.5 Å². The number of carboxylic acids is 1. The van der Waals surface area contributed by atoms with Gasteiger partial charge in [-0.2, -0.15) is 4.98 Å². The number of rotatable bonds is 11. The molecule has 198 valence electrons. The first kappa shape index (κ1) is 26.1. The van der Waals surface area contributed by atoms with E-state index in [4.69, 9.17) is 47.5 Å². The third kappa shape index (κ3) is 5.67. The van der Waals surface area contributed by atoms with Crippen LogP contribution < -0.4 is 9.47 Å². The molecular weight excluding hydrogens is 538 g/mol. The normalized spacial score (nSPS) is 14.0. The van der Waals surface area contributed by atoms with Crippen molar-refractivity contribution in [3.05, 3.63) is 64.2 Å². The van der Waals surface area contributed by atoms with E-state index in [-0.39, 0.29) is 30.4 Å². The lowest BCUT2D eigenvalue weighted by atomic mass is 10.1. The van der Waals surface area contributed by atoms with Gasteiger partial charge in [0, 0.05) is 16.1 Å². The number of ether oxygens (including phenoxy) is 3. The zero-order valence-electron chi connectivity index (χ0n) is 20.3. The van der Waals surface area contributed by atoms with E-state index in [1.54, 1.807) is 28.8 Å². The molecule has 0 radical (unpaired) electrons. The third-order valence-corrected chi connectivity index (χ3v) is 6.67. The summed E-state index contributed by atoms with van der Waals surface area (Å²) in [5, 5.41) is 9.36. The quantitative estimate of drug-likeness (QED) is 0.243. The van der Waals surface area contributed by atoms with E-state index in [9.17, 15) is 9.18 Å². The maximum Gasteiger partial charge on any atom is 0.329 e. The summed E-state index contributed by atoms with van der Waals surface area (Å²) in [5.74, 6) is -0.405. The highest BCUT2D eigenvalue weighted by molar-refractivity contribution is 6.34. The highest BCUT2D eigenvalue weighted by atomic mass is 35.5. The Labute approximate surface area is 227 Å². The van der Waals surface area contributed by atoms with E-state index >= 15 is 0 Å². The predicted octanol–water partition coefficient (Wildman–Crippen LogP) is 5.40. The number of carbonyl (C=O) groups is 1. The van der Waals surface area contributed by atoms with Gasteiger partial charge in [0.25, 0.3) is 0 Å². The number of nitrogens with zero attached hydrogens (tertiary/aromatic N) is 4. The van der Waals surface area contributed by atoms with Gasteiger partial charge in [0.15, 0.2) is 11.2 Å². The van der Waals surface area contributed by atoms with Crippen LogP contribution in [0.15, 0.2) is 42.7 Å². The number of imidazole rings is 1. The number of hydrogen-bond acceptors (Lipinski definition) is 7. The fourth-order valence-corrected chi connectivity index (χ4v) is 4.32. The lowest BCUT2D eigenvalue weighted by Gasteiger charge is -2.14. The Morgan fingerprint density at radius 2 is 2.00 bits per heavy atom. The van der Waals surface area contributed by atoms with Gasteiger partial charge in [-0.05, 0) is 50.1 Å². The molecule has 0 saturated heterocycles. The average Bonchev–Trinajstić information content (AvgIpc) is 3.49. The number of hydrogen-bond donors (Lipinski definition) is 1. The van der Waals surface area contributed by atoms with Crippen molar-refractivity contribution in [2.45, 2.75) is 31.9 Å². The van der Waals surface area contributed by atoms with E-state index < -0.39 is 18.4 Å². The molecule has 2 aromatic carbocycles. The molecule has 4 aromatic rings. The first-order valence-corrected chi connectivity index (χ1v) is 12.5. The molecule has 1 aliphatic carbocycles. The van der Waals surface area contributed by atoms with E-state index in [0.29, 0.717) is 44.8 Å². The molecule has 1 N–H and O–H groups in total. The second-order valence-electron chi connectivity index (χ2n) is 9.07. The number of carboxylic acid groups (broad SMARTS) is 1. The van der Waals surface area contributed by atoms with Gasteiger partial charge in [0.1, 0.15) is 42.5 Å². The number of aliphatic carboxylic acids is 1. The summed E-state index contributed by atoms with van der Waals surface area (Å²) in [7, 11) is 0. The number of fused-ring (bicyclic) bond motifs is 1. The summed E-state index contributed by atoms with van der Waals surface area (Å²) in [6.07, 6.45) is 3.19. The van der Waals surface area contributed by atoms with Gasteiger partial charge < -0.3 is 23.9 Å². The van der Waals surface area contributed by atoms with Crippen molar-refractivity contribution in [2.75, 3.05) is 19.8 Å². The molecule has 2 aromatic heterocycles. The van der Waals surface area contributed by atoms with Gasteiger partial charge >= 0.3 is 5.97 Å². The molecule has 2 heterocycles. The molecule has 1 fully saturated rings. The van der Waals surface area contributed by atoms with Crippen LogP contribution in [0.25, 0.3) is 22.6 Å². The molecule has 38 heavy (non-hydrogen) atoms. The maximum absolute atomic E-state index is 14.8. The van der Waals surface area contributed by atoms with Crippen molar-refractivity contribution < 1.29 is 28.5 Å². The molecule has 1 aliphatic rings. The van der Waals surface area contributed by atoms with E-state index in [1.807, 2.05) is 6.92 Å². The minimum Gasteiger partial charge on any atom is -0.490 e. The second kappa shape index (κ2) is 10.7. The van der Waals surface area contributed by atoms with Gasteiger partial charge in [-0.15, -0.1) is 0 Å². The first-order chi connectivity index (χ1) is 18.2. The Kier molecular flexibility index (Phi) is 7.38. The molecule has 9 nitrogen and oxygen atoms in total. The van der Waals surface area contributed by atoms with Crippen molar-refractivity contribution in [2.24, 2.45) is 0 Å². The standard InChI is InChI=1S/C26H23Cl2FN4O5/c1-26(7-8-26)38-25-22-24(30-14-31-25)33(12-15-11-16(27)5-6-18(15)29)23(32-22)17-3-2-4-19(21(17)28)37-10-9-36-13-20(34)35/h2-6,11,14H,7-10,12-13H2,1H3,(H,34,35). The molecule has 0 spiro atoms. The number of aromatic nitrogens is 4. The van der Waals surface area contributed by atoms with Crippen LogP contribution in [0.4, 0.5) is 4.39 Å². The number of halogens is 3. The lowest BCUT2D eigenvalue weighted by molar-refractivity contribution is -0.142. The minimum atomic E-state index is -1.07. The van der Waals surface area contributed by atoms with Crippen LogP contribution in [0.3, 0.4) is 0 Å². The fourth-order valence-electron chi connectivity index (χ4n) is 3.86. The highest BCUT2D eigenvalue weighted by Crippen LogP contribution is 2.42. The van der Waals surface area contributed by atoms with Crippen LogP contribution in [0.5, 0.6) is 11.6 Å². The second-order valence-corrected chi connectivity index (χ2v) is 9.89. The molecule has 1 saturated carbocycles. The Balaban J connectivity index is 1.56. The Bertz CT molecular complexity index is 1510. The predicted molar refractivity (Wildman–Crippen MR) is 138 cm³/mol.